The van der Waals surface area contributed by atoms with E-state index in [4.69, 9.17) is 4.74 Å². The highest BCUT2D eigenvalue weighted by Crippen LogP contribution is 2.28. The fraction of sp³-hybridized carbons (Fsp3) is 0.294. The van der Waals surface area contributed by atoms with Gasteiger partial charge >= 0.3 is 0 Å². The van der Waals surface area contributed by atoms with E-state index in [-0.39, 0.29) is 11.7 Å². The Balaban J connectivity index is 2.27. The minimum absolute atomic E-state index is 0.247. The van der Waals surface area contributed by atoms with Gasteiger partial charge in [-0.2, -0.15) is 0 Å². The first-order chi connectivity index (χ1) is 9.65. The monoisotopic (exact) mass is 336 g/mol. The minimum atomic E-state index is -0.256. The van der Waals surface area contributed by atoms with Crippen LogP contribution in [0.1, 0.15) is 22.6 Å². The summed E-state index contributed by atoms with van der Waals surface area (Å²) in [7, 11) is 1.49. The zero-order valence-electron chi connectivity index (χ0n) is 11.7. The standard InChI is InChI=1S/C17H18BrFO/c1-12-5-3-6-13(9-12)15(11-18)10-14-7-4-8-16(20-2)17(14)19/h3-9,15H,10-11H2,1-2H3. The molecule has 0 spiro atoms. The number of alkyl halides is 1. The minimum Gasteiger partial charge on any atom is -0.494 e. The van der Waals surface area contributed by atoms with E-state index in [1.165, 1.54) is 18.2 Å². The van der Waals surface area contributed by atoms with Gasteiger partial charge in [0, 0.05) is 5.33 Å². The summed E-state index contributed by atoms with van der Waals surface area (Å²) in [5, 5.41) is 0.799. The number of halogens is 2. The van der Waals surface area contributed by atoms with Crippen LogP contribution in [0.2, 0.25) is 0 Å². The van der Waals surface area contributed by atoms with Crippen LogP contribution >= 0.6 is 15.9 Å². The summed E-state index contributed by atoms with van der Waals surface area (Å²) >= 11 is 3.54. The molecular formula is C17H18BrFO. The van der Waals surface area contributed by atoms with Crippen LogP contribution < -0.4 is 4.74 Å². The molecule has 3 heteroatoms. The number of rotatable bonds is 5. The van der Waals surface area contributed by atoms with Crippen LogP contribution in [-0.2, 0) is 6.42 Å². The Hall–Kier alpha value is -1.35. The third-order valence-corrected chi connectivity index (χ3v) is 4.21. The molecule has 0 fully saturated rings. The predicted molar refractivity (Wildman–Crippen MR) is 84.4 cm³/mol. The van der Waals surface area contributed by atoms with E-state index in [2.05, 4.69) is 41.1 Å². The fourth-order valence-corrected chi connectivity index (χ4v) is 2.93. The van der Waals surface area contributed by atoms with Gasteiger partial charge in [-0.1, -0.05) is 57.9 Å². The molecule has 0 saturated heterocycles. The maximum atomic E-state index is 14.2. The second kappa shape index (κ2) is 6.89. The first-order valence-corrected chi connectivity index (χ1v) is 7.71. The normalized spacial score (nSPS) is 12.2. The molecule has 0 aliphatic rings. The molecule has 0 saturated carbocycles. The Labute approximate surface area is 127 Å². The molecule has 0 amide bonds. The predicted octanol–water partition coefficient (Wildman–Crippen LogP) is 4.86. The van der Waals surface area contributed by atoms with Crippen molar-refractivity contribution in [2.75, 3.05) is 12.4 Å². The molecule has 2 rings (SSSR count). The summed E-state index contributed by atoms with van der Waals surface area (Å²) in [5.74, 6) is 0.296. The third kappa shape index (κ3) is 3.40. The molecule has 2 aromatic carbocycles. The quantitative estimate of drug-likeness (QED) is 0.708. The molecule has 0 bridgehead atoms. The van der Waals surface area contributed by atoms with Crippen molar-refractivity contribution in [3.05, 3.63) is 65.0 Å². The number of methoxy groups -OCH3 is 1. The molecule has 0 aliphatic carbocycles. The van der Waals surface area contributed by atoms with Crippen molar-refractivity contribution in [3.8, 4) is 5.75 Å². The fourth-order valence-electron chi connectivity index (χ4n) is 2.32. The molecular weight excluding hydrogens is 319 g/mol. The van der Waals surface area contributed by atoms with Crippen LogP contribution in [0.4, 0.5) is 4.39 Å². The van der Waals surface area contributed by atoms with Crippen molar-refractivity contribution >= 4 is 15.9 Å². The van der Waals surface area contributed by atoms with Crippen LogP contribution in [0.3, 0.4) is 0 Å². The van der Waals surface area contributed by atoms with Gasteiger partial charge in [0.25, 0.3) is 0 Å². The van der Waals surface area contributed by atoms with Crippen molar-refractivity contribution in [2.45, 2.75) is 19.3 Å². The van der Waals surface area contributed by atoms with Gasteiger partial charge in [0.05, 0.1) is 7.11 Å². The van der Waals surface area contributed by atoms with Gasteiger partial charge < -0.3 is 4.74 Å². The molecule has 0 heterocycles. The summed E-state index contributed by atoms with van der Waals surface area (Å²) in [6.07, 6.45) is 0.651. The van der Waals surface area contributed by atoms with Crippen molar-refractivity contribution in [1.82, 2.24) is 0 Å². The summed E-state index contributed by atoms with van der Waals surface area (Å²) in [4.78, 5) is 0. The van der Waals surface area contributed by atoms with Crippen LogP contribution in [-0.4, -0.2) is 12.4 Å². The lowest BCUT2D eigenvalue weighted by Gasteiger charge is -2.16. The van der Waals surface area contributed by atoms with Gasteiger partial charge in [0.15, 0.2) is 11.6 Å². The maximum absolute atomic E-state index is 14.2. The highest BCUT2D eigenvalue weighted by molar-refractivity contribution is 9.09. The molecule has 0 radical (unpaired) electrons. The van der Waals surface area contributed by atoms with Crippen molar-refractivity contribution in [3.63, 3.8) is 0 Å². The first kappa shape index (κ1) is 15.0. The van der Waals surface area contributed by atoms with Crippen LogP contribution in [0.5, 0.6) is 5.75 Å². The van der Waals surface area contributed by atoms with Crippen LogP contribution in [0, 0.1) is 12.7 Å². The molecule has 20 heavy (non-hydrogen) atoms. The van der Waals surface area contributed by atoms with E-state index >= 15 is 0 Å². The van der Waals surface area contributed by atoms with E-state index in [1.54, 1.807) is 6.07 Å². The third-order valence-electron chi connectivity index (χ3n) is 3.43. The molecule has 0 aliphatic heterocycles. The summed E-state index contributed by atoms with van der Waals surface area (Å²) in [5.41, 5.74) is 3.14. The average Bonchev–Trinajstić information content (AvgIpc) is 2.46. The summed E-state index contributed by atoms with van der Waals surface area (Å²) in [6.45, 7) is 2.07. The van der Waals surface area contributed by atoms with E-state index in [1.807, 2.05) is 18.2 Å². The van der Waals surface area contributed by atoms with Crippen molar-refractivity contribution in [2.24, 2.45) is 0 Å². The van der Waals surface area contributed by atoms with Gasteiger partial charge in [-0.25, -0.2) is 4.39 Å². The van der Waals surface area contributed by atoms with E-state index in [0.717, 1.165) is 5.33 Å². The molecule has 2 aromatic rings. The lowest BCUT2D eigenvalue weighted by molar-refractivity contribution is 0.383. The Morgan fingerprint density at radius 2 is 1.95 bits per heavy atom. The number of benzene rings is 2. The number of hydrogen-bond acceptors (Lipinski definition) is 1. The molecule has 0 N–H and O–H groups in total. The lowest BCUT2D eigenvalue weighted by atomic mass is 9.92. The van der Waals surface area contributed by atoms with Gasteiger partial charge in [-0.05, 0) is 36.5 Å². The van der Waals surface area contributed by atoms with Gasteiger partial charge in [-0.3, -0.25) is 0 Å². The number of hydrogen-bond donors (Lipinski definition) is 0. The molecule has 1 atom stereocenters. The summed E-state index contributed by atoms with van der Waals surface area (Å²) in [6, 6.07) is 13.7. The van der Waals surface area contributed by atoms with Crippen LogP contribution in [0.15, 0.2) is 42.5 Å². The van der Waals surface area contributed by atoms with Gasteiger partial charge in [0.1, 0.15) is 0 Å². The Morgan fingerprint density at radius 3 is 2.60 bits per heavy atom. The van der Waals surface area contributed by atoms with Crippen LogP contribution in [0.25, 0.3) is 0 Å². The Morgan fingerprint density at radius 1 is 1.20 bits per heavy atom. The maximum Gasteiger partial charge on any atom is 0.168 e. The average molecular weight is 337 g/mol. The van der Waals surface area contributed by atoms with E-state index in [9.17, 15) is 4.39 Å². The number of aryl methyl sites for hydroxylation is 1. The Bertz CT molecular complexity index is 583. The summed E-state index contributed by atoms with van der Waals surface area (Å²) < 4.78 is 19.3. The SMILES string of the molecule is COc1cccc(CC(CBr)c2cccc(C)c2)c1F. The zero-order chi connectivity index (χ0) is 14.5. The van der Waals surface area contributed by atoms with E-state index < -0.39 is 0 Å². The van der Waals surface area contributed by atoms with Crippen molar-refractivity contribution in [1.29, 1.82) is 0 Å². The smallest absolute Gasteiger partial charge is 0.168 e. The largest absolute Gasteiger partial charge is 0.494 e. The molecule has 1 unspecified atom stereocenters. The second-order valence-corrected chi connectivity index (χ2v) is 5.55. The van der Waals surface area contributed by atoms with E-state index in [0.29, 0.717) is 17.7 Å². The Kier molecular flexibility index (Phi) is 5.18. The van der Waals surface area contributed by atoms with Gasteiger partial charge in [0.2, 0.25) is 0 Å². The highest BCUT2D eigenvalue weighted by atomic mass is 79.9. The second-order valence-electron chi connectivity index (χ2n) is 4.90. The van der Waals surface area contributed by atoms with Crippen molar-refractivity contribution < 1.29 is 9.13 Å². The molecule has 106 valence electrons. The lowest BCUT2D eigenvalue weighted by Crippen LogP contribution is -2.07. The topological polar surface area (TPSA) is 9.23 Å². The highest BCUT2D eigenvalue weighted by Gasteiger charge is 2.15. The number of ether oxygens (including phenoxy) is 1. The molecule has 0 aromatic heterocycles. The molecule has 1 nitrogen and oxygen atoms in total. The van der Waals surface area contributed by atoms with Gasteiger partial charge in [-0.15, -0.1) is 0 Å². The first-order valence-electron chi connectivity index (χ1n) is 6.59. The zero-order valence-corrected chi connectivity index (χ0v) is 13.3.